The van der Waals surface area contributed by atoms with Crippen LogP contribution in [0.5, 0.6) is 5.75 Å². The molecule has 19 heavy (non-hydrogen) atoms. The van der Waals surface area contributed by atoms with E-state index in [-0.39, 0.29) is 0 Å². The number of nitriles is 1. The van der Waals surface area contributed by atoms with Crippen LogP contribution < -0.4 is 10.1 Å². The van der Waals surface area contributed by atoms with E-state index in [4.69, 9.17) is 10.00 Å². The van der Waals surface area contributed by atoms with Crippen LogP contribution in [-0.2, 0) is 13.0 Å². The minimum absolute atomic E-state index is 0.583. The summed E-state index contributed by atoms with van der Waals surface area (Å²) in [6.07, 6.45) is 1.03. The second-order valence-corrected chi connectivity index (χ2v) is 4.98. The van der Waals surface area contributed by atoms with Crippen LogP contribution in [0.3, 0.4) is 0 Å². The van der Waals surface area contributed by atoms with Crippen LogP contribution in [0, 0.1) is 11.3 Å². The molecule has 2 rings (SSSR count). The maximum absolute atomic E-state index is 9.02. The summed E-state index contributed by atoms with van der Waals surface area (Å²) >= 11 is 1.73. The average Bonchev–Trinajstić information content (AvgIpc) is 2.96. The molecule has 0 saturated carbocycles. The number of rotatable bonds is 6. The molecule has 2 aromatic rings. The van der Waals surface area contributed by atoms with Crippen molar-refractivity contribution < 1.29 is 4.74 Å². The van der Waals surface area contributed by atoms with Gasteiger partial charge in [-0.2, -0.15) is 16.6 Å². The first kappa shape index (κ1) is 13.6. The summed E-state index contributed by atoms with van der Waals surface area (Å²) in [7, 11) is 1.58. The SMILES string of the molecule is COc1ccc(CNCCc2ccsc2)cc1C#N. The van der Waals surface area contributed by atoms with Crippen LogP contribution in [0.1, 0.15) is 16.7 Å². The monoisotopic (exact) mass is 272 g/mol. The largest absolute Gasteiger partial charge is 0.495 e. The van der Waals surface area contributed by atoms with Gasteiger partial charge >= 0.3 is 0 Å². The Labute approximate surface area is 117 Å². The number of ether oxygens (including phenoxy) is 1. The van der Waals surface area contributed by atoms with Gasteiger partial charge in [-0.15, -0.1) is 0 Å². The van der Waals surface area contributed by atoms with Gasteiger partial charge in [0.15, 0.2) is 0 Å². The Morgan fingerprint density at radius 1 is 1.32 bits per heavy atom. The highest BCUT2D eigenvalue weighted by molar-refractivity contribution is 7.07. The minimum Gasteiger partial charge on any atom is -0.495 e. The van der Waals surface area contributed by atoms with Gasteiger partial charge in [-0.3, -0.25) is 0 Å². The Hall–Kier alpha value is -1.83. The Bertz CT molecular complexity index is 558. The lowest BCUT2D eigenvalue weighted by molar-refractivity contribution is 0.413. The van der Waals surface area contributed by atoms with E-state index in [1.807, 2.05) is 18.2 Å². The molecule has 0 saturated heterocycles. The summed E-state index contributed by atoms with van der Waals surface area (Å²) in [6.45, 7) is 1.70. The van der Waals surface area contributed by atoms with Gasteiger partial charge < -0.3 is 10.1 Å². The van der Waals surface area contributed by atoms with Crippen LogP contribution in [-0.4, -0.2) is 13.7 Å². The smallest absolute Gasteiger partial charge is 0.136 e. The normalized spacial score (nSPS) is 10.1. The average molecular weight is 272 g/mol. The number of hydrogen-bond acceptors (Lipinski definition) is 4. The highest BCUT2D eigenvalue weighted by Gasteiger charge is 2.03. The summed E-state index contributed by atoms with van der Waals surface area (Å²) in [6, 6.07) is 9.99. The fourth-order valence-corrected chi connectivity index (χ4v) is 2.56. The second-order valence-electron chi connectivity index (χ2n) is 4.20. The van der Waals surface area contributed by atoms with Crippen LogP contribution >= 0.6 is 11.3 Å². The molecule has 1 N–H and O–H groups in total. The zero-order valence-corrected chi connectivity index (χ0v) is 11.7. The van der Waals surface area contributed by atoms with Gasteiger partial charge in [0.25, 0.3) is 0 Å². The standard InChI is InChI=1S/C15H16N2OS/c1-18-15-3-2-13(8-14(15)9-16)10-17-6-4-12-5-7-19-11-12/h2-3,5,7-8,11,17H,4,6,10H2,1H3. The summed E-state index contributed by atoms with van der Waals surface area (Å²) in [5.74, 6) is 0.629. The van der Waals surface area contributed by atoms with E-state index in [0.717, 1.165) is 25.1 Å². The lowest BCUT2D eigenvalue weighted by atomic mass is 10.1. The van der Waals surface area contributed by atoms with Crippen molar-refractivity contribution in [3.63, 3.8) is 0 Å². The maximum atomic E-state index is 9.02. The molecule has 98 valence electrons. The number of benzene rings is 1. The van der Waals surface area contributed by atoms with Gasteiger partial charge in [-0.1, -0.05) is 6.07 Å². The van der Waals surface area contributed by atoms with Crippen molar-refractivity contribution in [2.24, 2.45) is 0 Å². The van der Waals surface area contributed by atoms with Crippen molar-refractivity contribution in [3.05, 3.63) is 51.7 Å². The fraction of sp³-hybridized carbons (Fsp3) is 0.267. The van der Waals surface area contributed by atoms with Gasteiger partial charge in [0.1, 0.15) is 11.8 Å². The summed E-state index contributed by atoms with van der Waals surface area (Å²) < 4.78 is 5.12. The van der Waals surface area contributed by atoms with Crippen LogP contribution in [0.15, 0.2) is 35.0 Å². The lowest BCUT2D eigenvalue weighted by Crippen LogP contribution is -2.16. The number of methoxy groups -OCH3 is 1. The second kappa shape index (κ2) is 6.93. The molecule has 0 bridgehead atoms. The molecule has 0 aliphatic heterocycles. The van der Waals surface area contributed by atoms with E-state index in [1.54, 1.807) is 18.4 Å². The topological polar surface area (TPSA) is 45.0 Å². The number of thiophene rings is 1. The molecule has 4 heteroatoms. The predicted octanol–water partition coefficient (Wildman–Crippen LogP) is 2.96. The van der Waals surface area contributed by atoms with Crippen molar-refractivity contribution in [1.82, 2.24) is 5.32 Å². The van der Waals surface area contributed by atoms with E-state index in [9.17, 15) is 0 Å². The summed E-state index contributed by atoms with van der Waals surface area (Å²) in [5, 5.41) is 16.7. The first-order valence-electron chi connectivity index (χ1n) is 6.12. The van der Waals surface area contributed by atoms with Crippen molar-refractivity contribution in [3.8, 4) is 11.8 Å². The van der Waals surface area contributed by atoms with Crippen molar-refractivity contribution in [1.29, 1.82) is 5.26 Å². The molecule has 0 spiro atoms. The molecule has 0 amide bonds. The quantitative estimate of drug-likeness (QED) is 0.822. The third-order valence-corrected chi connectivity index (χ3v) is 3.62. The Morgan fingerprint density at radius 3 is 2.89 bits per heavy atom. The van der Waals surface area contributed by atoms with E-state index in [2.05, 4.69) is 28.2 Å². The van der Waals surface area contributed by atoms with Crippen LogP contribution in [0.25, 0.3) is 0 Å². The zero-order valence-electron chi connectivity index (χ0n) is 10.8. The molecule has 3 nitrogen and oxygen atoms in total. The Morgan fingerprint density at radius 2 is 2.21 bits per heavy atom. The van der Waals surface area contributed by atoms with Gasteiger partial charge in [-0.05, 0) is 53.1 Å². The molecular weight excluding hydrogens is 256 g/mol. The van der Waals surface area contributed by atoms with Crippen molar-refractivity contribution in [2.75, 3.05) is 13.7 Å². The molecule has 1 aromatic heterocycles. The molecule has 0 aliphatic carbocycles. The third-order valence-electron chi connectivity index (χ3n) is 2.88. The third kappa shape index (κ3) is 3.82. The first-order chi connectivity index (χ1) is 9.33. The molecule has 1 aromatic carbocycles. The van der Waals surface area contributed by atoms with Gasteiger partial charge in [0.2, 0.25) is 0 Å². The Kier molecular flexibility index (Phi) is 4.96. The molecule has 0 atom stereocenters. The molecule has 0 aliphatic rings. The molecule has 0 fully saturated rings. The van der Waals surface area contributed by atoms with E-state index >= 15 is 0 Å². The van der Waals surface area contributed by atoms with E-state index < -0.39 is 0 Å². The lowest BCUT2D eigenvalue weighted by Gasteiger charge is -2.07. The molecular formula is C15H16N2OS. The van der Waals surface area contributed by atoms with Crippen LogP contribution in [0.2, 0.25) is 0 Å². The van der Waals surface area contributed by atoms with Crippen molar-refractivity contribution >= 4 is 11.3 Å². The summed E-state index contributed by atoms with van der Waals surface area (Å²) in [4.78, 5) is 0. The number of nitrogens with zero attached hydrogens (tertiary/aromatic N) is 1. The first-order valence-corrected chi connectivity index (χ1v) is 7.06. The zero-order chi connectivity index (χ0) is 13.5. The maximum Gasteiger partial charge on any atom is 0.136 e. The Balaban J connectivity index is 1.84. The van der Waals surface area contributed by atoms with Gasteiger partial charge in [-0.25, -0.2) is 0 Å². The van der Waals surface area contributed by atoms with Gasteiger partial charge in [0.05, 0.1) is 12.7 Å². The highest BCUT2D eigenvalue weighted by Crippen LogP contribution is 2.18. The fourth-order valence-electron chi connectivity index (χ4n) is 1.85. The molecule has 1 heterocycles. The minimum atomic E-state index is 0.583. The van der Waals surface area contributed by atoms with E-state index in [1.165, 1.54) is 5.56 Å². The van der Waals surface area contributed by atoms with E-state index in [0.29, 0.717) is 11.3 Å². The summed E-state index contributed by atoms with van der Waals surface area (Å²) in [5.41, 5.74) is 3.05. The highest BCUT2D eigenvalue weighted by atomic mass is 32.1. The molecule has 0 unspecified atom stereocenters. The predicted molar refractivity (Wildman–Crippen MR) is 77.4 cm³/mol. The van der Waals surface area contributed by atoms with Gasteiger partial charge in [0, 0.05) is 6.54 Å². The molecule has 0 radical (unpaired) electrons. The van der Waals surface area contributed by atoms with Crippen molar-refractivity contribution in [2.45, 2.75) is 13.0 Å². The van der Waals surface area contributed by atoms with Crippen LogP contribution in [0.4, 0.5) is 0 Å². The number of hydrogen-bond donors (Lipinski definition) is 1. The number of nitrogens with one attached hydrogen (secondary N) is 1.